The smallest absolute Gasteiger partial charge is 0.156 e. The summed E-state index contributed by atoms with van der Waals surface area (Å²) in [5.41, 5.74) is 1.19. The highest BCUT2D eigenvalue weighted by molar-refractivity contribution is 6.37. The van der Waals surface area contributed by atoms with Crippen LogP contribution in [-0.4, -0.2) is 43.7 Å². The van der Waals surface area contributed by atoms with Crippen LogP contribution in [0.5, 0.6) is 5.75 Å². The predicted molar refractivity (Wildman–Crippen MR) is 94.5 cm³/mol. The number of aryl methyl sites for hydroxylation is 1. The first-order chi connectivity index (χ1) is 10.6. The zero-order valence-corrected chi connectivity index (χ0v) is 15.0. The SMILES string of the molecule is CC(C)Oc1c(Cl)cc(CCCCN2CCNCC2)cc1Cl. The lowest BCUT2D eigenvalue weighted by molar-refractivity contribution is 0.237. The van der Waals surface area contributed by atoms with Crippen molar-refractivity contribution in [3.63, 3.8) is 0 Å². The summed E-state index contributed by atoms with van der Waals surface area (Å²) < 4.78 is 5.66. The highest BCUT2D eigenvalue weighted by atomic mass is 35.5. The Morgan fingerprint density at radius 3 is 2.36 bits per heavy atom. The molecule has 1 fully saturated rings. The quantitative estimate of drug-likeness (QED) is 0.756. The van der Waals surface area contributed by atoms with Crippen LogP contribution in [0.1, 0.15) is 32.3 Å². The van der Waals surface area contributed by atoms with Gasteiger partial charge < -0.3 is 15.0 Å². The van der Waals surface area contributed by atoms with E-state index in [0.717, 1.165) is 25.9 Å². The van der Waals surface area contributed by atoms with Crippen LogP contribution in [0.25, 0.3) is 0 Å². The minimum absolute atomic E-state index is 0.0693. The average Bonchev–Trinajstić information content (AvgIpc) is 2.48. The maximum Gasteiger partial charge on any atom is 0.156 e. The van der Waals surface area contributed by atoms with Crippen molar-refractivity contribution >= 4 is 23.2 Å². The van der Waals surface area contributed by atoms with Gasteiger partial charge in [-0.15, -0.1) is 0 Å². The van der Waals surface area contributed by atoms with Crippen LogP contribution in [0.3, 0.4) is 0 Å². The molecule has 0 radical (unpaired) electrons. The summed E-state index contributed by atoms with van der Waals surface area (Å²) in [7, 11) is 0. The van der Waals surface area contributed by atoms with Gasteiger partial charge in [0.2, 0.25) is 0 Å². The summed E-state index contributed by atoms with van der Waals surface area (Å²) >= 11 is 12.6. The van der Waals surface area contributed by atoms with Gasteiger partial charge in [0.1, 0.15) is 0 Å². The van der Waals surface area contributed by atoms with Gasteiger partial charge in [0, 0.05) is 26.2 Å². The molecule has 3 nitrogen and oxygen atoms in total. The van der Waals surface area contributed by atoms with E-state index in [2.05, 4.69) is 10.2 Å². The second kappa shape index (κ2) is 8.97. The van der Waals surface area contributed by atoms with E-state index in [9.17, 15) is 0 Å². The zero-order chi connectivity index (χ0) is 15.9. The Bertz CT molecular complexity index is 451. The van der Waals surface area contributed by atoms with Crippen molar-refractivity contribution in [1.82, 2.24) is 10.2 Å². The van der Waals surface area contributed by atoms with Gasteiger partial charge in [0.05, 0.1) is 16.1 Å². The van der Waals surface area contributed by atoms with Crippen molar-refractivity contribution in [2.45, 2.75) is 39.2 Å². The number of nitrogens with one attached hydrogen (secondary N) is 1. The minimum atomic E-state index is 0.0693. The van der Waals surface area contributed by atoms with E-state index < -0.39 is 0 Å². The number of benzene rings is 1. The fraction of sp³-hybridized carbons (Fsp3) is 0.647. The van der Waals surface area contributed by atoms with Crippen molar-refractivity contribution < 1.29 is 4.74 Å². The normalized spacial score (nSPS) is 16.2. The molecular formula is C17H26Cl2N2O. The summed E-state index contributed by atoms with van der Waals surface area (Å²) in [4.78, 5) is 2.52. The van der Waals surface area contributed by atoms with Crippen LogP contribution in [0.2, 0.25) is 10.0 Å². The number of rotatable bonds is 7. The first-order valence-electron chi connectivity index (χ1n) is 8.14. The topological polar surface area (TPSA) is 24.5 Å². The maximum absolute atomic E-state index is 6.29. The molecule has 0 atom stereocenters. The molecule has 0 aliphatic carbocycles. The first kappa shape index (κ1) is 17.9. The third kappa shape index (κ3) is 5.62. The van der Waals surface area contributed by atoms with Crippen molar-refractivity contribution in [3.8, 4) is 5.75 Å². The number of piperazine rings is 1. The Hall–Kier alpha value is -0.480. The maximum atomic E-state index is 6.29. The van der Waals surface area contributed by atoms with Gasteiger partial charge in [-0.2, -0.15) is 0 Å². The monoisotopic (exact) mass is 344 g/mol. The first-order valence-corrected chi connectivity index (χ1v) is 8.89. The summed E-state index contributed by atoms with van der Waals surface area (Å²) in [5, 5.41) is 4.60. The lowest BCUT2D eigenvalue weighted by atomic mass is 10.1. The molecule has 1 aliphatic rings. The summed E-state index contributed by atoms with van der Waals surface area (Å²) in [6.07, 6.45) is 3.44. The summed E-state index contributed by atoms with van der Waals surface area (Å²) in [6.45, 7) is 9.67. The molecule has 1 aliphatic heterocycles. The Kier molecular flexibility index (Phi) is 7.29. The fourth-order valence-corrected chi connectivity index (χ4v) is 3.33. The fourth-order valence-electron chi connectivity index (χ4n) is 2.70. The molecule has 0 amide bonds. The van der Waals surface area contributed by atoms with Crippen molar-refractivity contribution in [2.75, 3.05) is 32.7 Å². The van der Waals surface area contributed by atoms with Crippen LogP contribution in [0, 0.1) is 0 Å². The number of hydrogen-bond acceptors (Lipinski definition) is 3. The van der Waals surface area contributed by atoms with E-state index in [1.165, 1.54) is 31.6 Å². The minimum Gasteiger partial charge on any atom is -0.488 e. The van der Waals surface area contributed by atoms with Crippen LogP contribution in [0.15, 0.2) is 12.1 Å². The van der Waals surface area contributed by atoms with E-state index >= 15 is 0 Å². The Balaban J connectivity index is 1.80. The highest BCUT2D eigenvalue weighted by Crippen LogP contribution is 2.35. The van der Waals surface area contributed by atoms with E-state index in [-0.39, 0.29) is 6.10 Å². The molecule has 2 rings (SSSR count). The number of hydrogen-bond donors (Lipinski definition) is 1. The third-order valence-electron chi connectivity index (χ3n) is 3.81. The van der Waals surface area contributed by atoms with Gasteiger partial charge in [-0.05, 0) is 57.4 Å². The Morgan fingerprint density at radius 1 is 1.14 bits per heavy atom. The van der Waals surface area contributed by atoms with Gasteiger partial charge in [0.25, 0.3) is 0 Å². The molecule has 1 aromatic rings. The van der Waals surface area contributed by atoms with E-state index in [0.29, 0.717) is 15.8 Å². The predicted octanol–water partition coefficient (Wildman–Crippen LogP) is 4.01. The summed E-state index contributed by atoms with van der Waals surface area (Å²) in [6, 6.07) is 3.96. The second-order valence-corrected chi connectivity index (χ2v) is 6.92. The average molecular weight is 345 g/mol. The van der Waals surface area contributed by atoms with E-state index in [1.54, 1.807) is 0 Å². The number of halogens is 2. The molecule has 1 N–H and O–H groups in total. The van der Waals surface area contributed by atoms with Crippen molar-refractivity contribution in [1.29, 1.82) is 0 Å². The Labute approximate surface area is 143 Å². The molecule has 124 valence electrons. The standard InChI is InChI=1S/C17H26Cl2N2O/c1-13(2)22-17-15(18)11-14(12-16(17)19)5-3-4-8-21-9-6-20-7-10-21/h11-13,20H,3-10H2,1-2H3. The molecule has 0 spiro atoms. The molecule has 1 saturated heterocycles. The van der Waals surface area contributed by atoms with Crippen molar-refractivity contribution in [2.24, 2.45) is 0 Å². The van der Waals surface area contributed by atoms with Crippen LogP contribution in [-0.2, 0) is 6.42 Å². The van der Waals surface area contributed by atoms with Gasteiger partial charge in [-0.1, -0.05) is 23.2 Å². The third-order valence-corrected chi connectivity index (χ3v) is 4.37. The lowest BCUT2D eigenvalue weighted by Crippen LogP contribution is -2.43. The van der Waals surface area contributed by atoms with E-state index in [1.807, 2.05) is 26.0 Å². The molecule has 22 heavy (non-hydrogen) atoms. The van der Waals surface area contributed by atoms with Crippen LogP contribution < -0.4 is 10.1 Å². The second-order valence-electron chi connectivity index (χ2n) is 6.10. The van der Waals surface area contributed by atoms with Crippen LogP contribution in [0.4, 0.5) is 0 Å². The summed E-state index contributed by atoms with van der Waals surface area (Å²) in [5.74, 6) is 0.600. The van der Waals surface area contributed by atoms with E-state index in [4.69, 9.17) is 27.9 Å². The zero-order valence-electron chi connectivity index (χ0n) is 13.5. The highest BCUT2D eigenvalue weighted by Gasteiger charge is 2.12. The van der Waals surface area contributed by atoms with Gasteiger partial charge in [0.15, 0.2) is 5.75 Å². The van der Waals surface area contributed by atoms with Gasteiger partial charge in [-0.25, -0.2) is 0 Å². The van der Waals surface area contributed by atoms with Gasteiger partial charge >= 0.3 is 0 Å². The molecular weight excluding hydrogens is 319 g/mol. The van der Waals surface area contributed by atoms with Gasteiger partial charge in [-0.3, -0.25) is 0 Å². The number of nitrogens with zero attached hydrogens (tertiary/aromatic N) is 1. The molecule has 1 heterocycles. The molecule has 0 saturated carbocycles. The van der Waals surface area contributed by atoms with Crippen LogP contribution >= 0.6 is 23.2 Å². The molecule has 0 aromatic heterocycles. The number of unbranched alkanes of at least 4 members (excludes halogenated alkanes) is 1. The molecule has 1 aromatic carbocycles. The lowest BCUT2D eigenvalue weighted by Gasteiger charge is -2.27. The largest absolute Gasteiger partial charge is 0.488 e. The van der Waals surface area contributed by atoms with Crippen molar-refractivity contribution in [3.05, 3.63) is 27.7 Å². The molecule has 0 bridgehead atoms. The number of ether oxygens (including phenoxy) is 1. The Morgan fingerprint density at radius 2 is 1.77 bits per heavy atom. The molecule has 0 unspecified atom stereocenters. The molecule has 5 heteroatoms.